The van der Waals surface area contributed by atoms with E-state index in [4.69, 9.17) is 0 Å². The van der Waals surface area contributed by atoms with Gasteiger partial charge < -0.3 is 4.74 Å². The highest BCUT2D eigenvalue weighted by Gasteiger charge is 2.10. The minimum Gasteiger partial charge on any atom is -0.463 e. The van der Waals surface area contributed by atoms with Gasteiger partial charge in [0.25, 0.3) is 5.82 Å². The molecular weight excluding hydrogens is 206 g/mol. The summed E-state index contributed by atoms with van der Waals surface area (Å²) in [4.78, 5) is 15.0. The number of aromatic nitrogens is 3. The molecule has 0 saturated carbocycles. The number of nitrogens with zero attached hydrogens (tertiary/aromatic N) is 3. The molecule has 0 unspecified atom stereocenters. The van der Waals surface area contributed by atoms with E-state index in [1.54, 1.807) is 4.68 Å². The fraction of sp³-hybridized carbons (Fsp3) is 0.182. The molecule has 2 aromatic rings. The van der Waals surface area contributed by atoms with Gasteiger partial charge in [-0.3, -0.25) is 0 Å². The Morgan fingerprint density at radius 3 is 2.94 bits per heavy atom. The number of methoxy groups -OCH3 is 1. The SMILES string of the molecule is COC(=O)c1ncn(Cc2cc[c]cc2)n1. The van der Waals surface area contributed by atoms with Crippen molar-refractivity contribution in [2.45, 2.75) is 6.54 Å². The van der Waals surface area contributed by atoms with Crippen LogP contribution in [0.15, 0.2) is 30.6 Å². The van der Waals surface area contributed by atoms with Gasteiger partial charge in [0.15, 0.2) is 0 Å². The maximum absolute atomic E-state index is 11.1. The first-order valence-electron chi connectivity index (χ1n) is 4.72. The summed E-state index contributed by atoms with van der Waals surface area (Å²) in [5.74, 6) is -0.454. The Labute approximate surface area is 92.7 Å². The lowest BCUT2D eigenvalue weighted by Crippen LogP contribution is -2.06. The number of esters is 1. The van der Waals surface area contributed by atoms with E-state index in [1.165, 1.54) is 13.4 Å². The monoisotopic (exact) mass is 216 g/mol. The molecule has 0 spiro atoms. The van der Waals surface area contributed by atoms with Crippen LogP contribution < -0.4 is 0 Å². The second kappa shape index (κ2) is 4.57. The average molecular weight is 216 g/mol. The highest BCUT2D eigenvalue weighted by molar-refractivity contribution is 5.84. The van der Waals surface area contributed by atoms with E-state index in [-0.39, 0.29) is 5.82 Å². The molecule has 0 atom stereocenters. The summed E-state index contributed by atoms with van der Waals surface area (Å²) in [5, 5.41) is 4.00. The third kappa shape index (κ3) is 2.25. The standard InChI is InChI=1S/C11H10N3O2/c1-16-11(15)10-12-8-14(13-10)7-9-5-3-2-4-6-9/h3-6,8H,7H2,1H3. The van der Waals surface area contributed by atoms with Crippen LogP contribution >= 0.6 is 0 Å². The zero-order chi connectivity index (χ0) is 11.4. The number of carbonyl (C=O) groups excluding carboxylic acids is 1. The summed E-state index contributed by atoms with van der Waals surface area (Å²) in [7, 11) is 1.30. The molecular formula is C11H10N3O2. The van der Waals surface area contributed by atoms with E-state index in [9.17, 15) is 4.79 Å². The lowest BCUT2D eigenvalue weighted by atomic mass is 10.2. The van der Waals surface area contributed by atoms with Gasteiger partial charge in [-0.05, 0) is 11.6 Å². The topological polar surface area (TPSA) is 57.0 Å². The molecule has 5 nitrogen and oxygen atoms in total. The molecule has 1 aromatic heterocycles. The van der Waals surface area contributed by atoms with Gasteiger partial charge in [0, 0.05) is 0 Å². The van der Waals surface area contributed by atoms with E-state index in [1.807, 2.05) is 24.3 Å². The van der Waals surface area contributed by atoms with Crippen LogP contribution in [0.4, 0.5) is 0 Å². The zero-order valence-corrected chi connectivity index (χ0v) is 8.75. The number of hydrogen-bond donors (Lipinski definition) is 0. The quantitative estimate of drug-likeness (QED) is 0.716. The average Bonchev–Trinajstić information content (AvgIpc) is 2.78. The molecule has 0 aliphatic carbocycles. The lowest BCUT2D eigenvalue weighted by Gasteiger charge is -1.99. The first-order valence-corrected chi connectivity index (χ1v) is 4.72. The van der Waals surface area contributed by atoms with Crippen LogP contribution in [0.2, 0.25) is 0 Å². The van der Waals surface area contributed by atoms with Crippen molar-refractivity contribution in [2.75, 3.05) is 7.11 Å². The van der Waals surface area contributed by atoms with Crippen LogP contribution in [0, 0.1) is 6.07 Å². The lowest BCUT2D eigenvalue weighted by molar-refractivity contribution is 0.0586. The molecule has 0 aliphatic rings. The van der Waals surface area contributed by atoms with Crippen molar-refractivity contribution in [1.82, 2.24) is 14.8 Å². The summed E-state index contributed by atoms with van der Waals surface area (Å²) in [6, 6.07) is 10.4. The molecule has 1 aromatic carbocycles. The molecule has 0 N–H and O–H groups in total. The Hall–Kier alpha value is -2.17. The third-order valence-corrected chi connectivity index (χ3v) is 2.04. The molecule has 0 bridgehead atoms. The van der Waals surface area contributed by atoms with Crippen LogP contribution in [-0.4, -0.2) is 27.8 Å². The van der Waals surface area contributed by atoms with Gasteiger partial charge in [0.2, 0.25) is 0 Å². The Kier molecular flexibility index (Phi) is 2.95. The number of carbonyl (C=O) groups is 1. The van der Waals surface area contributed by atoms with Crippen LogP contribution in [0.5, 0.6) is 0 Å². The van der Waals surface area contributed by atoms with Crippen molar-refractivity contribution < 1.29 is 9.53 Å². The van der Waals surface area contributed by atoms with E-state index in [0.717, 1.165) is 5.56 Å². The molecule has 5 heteroatoms. The maximum atomic E-state index is 11.1. The summed E-state index contributed by atoms with van der Waals surface area (Å²) >= 11 is 0. The fourth-order valence-electron chi connectivity index (χ4n) is 1.27. The van der Waals surface area contributed by atoms with Gasteiger partial charge in [-0.2, -0.15) is 0 Å². The molecule has 0 aliphatic heterocycles. The summed E-state index contributed by atoms with van der Waals surface area (Å²) in [6.07, 6.45) is 1.50. The molecule has 0 fully saturated rings. The van der Waals surface area contributed by atoms with Crippen LogP contribution in [0.25, 0.3) is 0 Å². The molecule has 16 heavy (non-hydrogen) atoms. The van der Waals surface area contributed by atoms with Crippen LogP contribution in [0.3, 0.4) is 0 Å². The van der Waals surface area contributed by atoms with Crippen molar-refractivity contribution in [1.29, 1.82) is 0 Å². The highest BCUT2D eigenvalue weighted by atomic mass is 16.5. The van der Waals surface area contributed by atoms with Crippen LogP contribution in [-0.2, 0) is 11.3 Å². The fourth-order valence-corrected chi connectivity index (χ4v) is 1.27. The predicted octanol–water partition coefficient (Wildman–Crippen LogP) is 0.913. The summed E-state index contributed by atoms with van der Waals surface area (Å²) < 4.78 is 6.10. The number of rotatable bonds is 3. The van der Waals surface area contributed by atoms with Gasteiger partial charge in [-0.25, -0.2) is 14.5 Å². The normalized spacial score (nSPS) is 10.1. The van der Waals surface area contributed by atoms with E-state index in [2.05, 4.69) is 20.9 Å². The predicted molar refractivity (Wildman–Crippen MR) is 55.7 cm³/mol. The van der Waals surface area contributed by atoms with Gasteiger partial charge in [0.1, 0.15) is 6.33 Å². The van der Waals surface area contributed by atoms with Crippen molar-refractivity contribution in [3.05, 3.63) is 48.0 Å². The first-order chi connectivity index (χ1) is 7.79. The highest BCUT2D eigenvalue weighted by Crippen LogP contribution is 2.01. The van der Waals surface area contributed by atoms with Gasteiger partial charge >= 0.3 is 5.97 Å². The van der Waals surface area contributed by atoms with Crippen molar-refractivity contribution in [3.63, 3.8) is 0 Å². The van der Waals surface area contributed by atoms with Gasteiger partial charge in [-0.1, -0.05) is 24.3 Å². The van der Waals surface area contributed by atoms with E-state index in [0.29, 0.717) is 6.54 Å². The Morgan fingerprint density at radius 2 is 2.25 bits per heavy atom. The molecule has 1 heterocycles. The molecule has 0 amide bonds. The summed E-state index contributed by atoms with van der Waals surface area (Å²) in [5.41, 5.74) is 1.07. The van der Waals surface area contributed by atoms with Gasteiger partial charge in [-0.15, -0.1) is 5.10 Å². The molecule has 2 rings (SSSR count). The minimum absolute atomic E-state index is 0.0741. The smallest absolute Gasteiger partial charge is 0.377 e. The second-order valence-electron chi connectivity index (χ2n) is 3.17. The number of ether oxygens (including phenoxy) is 1. The Balaban J connectivity index is 2.12. The third-order valence-electron chi connectivity index (χ3n) is 2.04. The van der Waals surface area contributed by atoms with E-state index >= 15 is 0 Å². The van der Waals surface area contributed by atoms with Crippen molar-refractivity contribution in [2.24, 2.45) is 0 Å². The van der Waals surface area contributed by atoms with E-state index < -0.39 is 5.97 Å². The molecule has 0 saturated heterocycles. The summed E-state index contributed by atoms with van der Waals surface area (Å²) in [6.45, 7) is 0.568. The number of hydrogen-bond acceptors (Lipinski definition) is 4. The first kappa shape index (κ1) is 10.4. The van der Waals surface area contributed by atoms with Gasteiger partial charge in [0.05, 0.1) is 13.7 Å². The van der Waals surface area contributed by atoms with Crippen molar-refractivity contribution in [3.8, 4) is 0 Å². The minimum atomic E-state index is -0.528. The zero-order valence-electron chi connectivity index (χ0n) is 8.75. The largest absolute Gasteiger partial charge is 0.463 e. The van der Waals surface area contributed by atoms with Crippen LogP contribution in [0.1, 0.15) is 16.2 Å². The Bertz CT molecular complexity index is 479. The molecule has 1 radical (unpaired) electrons. The maximum Gasteiger partial charge on any atom is 0.377 e. The second-order valence-corrected chi connectivity index (χ2v) is 3.17. The molecule has 81 valence electrons. The Morgan fingerprint density at radius 1 is 1.50 bits per heavy atom. The number of benzene rings is 1. The van der Waals surface area contributed by atoms with Crippen molar-refractivity contribution >= 4 is 5.97 Å².